The molecule has 1 aliphatic rings. The van der Waals surface area contributed by atoms with Gasteiger partial charge in [0.15, 0.2) is 0 Å². The van der Waals surface area contributed by atoms with E-state index >= 15 is 0 Å². The molecule has 154 valence electrons. The Morgan fingerprint density at radius 2 is 1.77 bits per heavy atom. The second kappa shape index (κ2) is 8.69. The van der Waals surface area contributed by atoms with Gasteiger partial charge in [0.05, 0.1) is 18.9 Å². The molecule has 0 saturated carbocycles. The summed E-state index contributed by atoms with van der Waals surface area (Å²) >= 11 is 7.63. The Bertz CT molecular complexity index is 1080. The van der Waals surface area contributed by atoms with Gasteiger partial charge in [-0.15, -0.1) is 0 Å². The zero-order valence-electron chi connectivity index (χ0n) is 16.3. The third-order valence-corrected chi connectivity index (χ3v) is 6.13. The van der Waals surface area contributed by atoms with E-state index in [4.69, 9.17) is 21.2 Å². The second-order valence-electron chi connectivity index (χ2n) is 7.31. The highest BCUT2D eigenvalue weighted by molar-refractivity contribution is 7.08. The minimum Gasteiger partial charge on any atom is -0.338 e. The van der Waals surface area contributed by atoms with Crippen LogP contribution in [0.4, 0.5) is 0 Å². The maximum absolute atomic E-state index is 5.94. The molecule has 1 fully saturated rings. The number of nitrogens with zero attached hydrogens (tertiary/aromatic N) is 6. The van der Waals surface area contributed by atoms with Gasteiger partial charge in [-0.2, -0.15) is 21.4 Å². The summed E-state index contributed by atoms with van der Waals surface area (Å²) in [4.78, 5) is 9.28. The molecular weight excluding hydrogens is 420 g/mol. The van der Waals surface area contributed by atoms with E-state index in [1.165, 1.54) is 5.56 Å². The van der Waals surface area contributed by atoms with Crippen LogP contribution in [0.2, 0.25) is 5.02 Å². The van der Waals surface area contributed by atoms with Crippen molar-refractivity contribution < 1.29 is 4.52 Å². The highest BCUT2D eigenvalue weighted by Crippen LogP contribution is 2.21. The third kappa shape index (κ3) is 4.46. The number of hydrogen-bond acceptors (Lipinski definition) is 7. The molecule has 4 aromatic rings. The summed E-state index contributed by atoms with van der Waals surface area (Å²) in [6.45, 7) is 5.34. The molecule has 0 unspecified atom stereocenters. The van der Waals surface area contributed by atoms with Gasteiger partial charge in [0.25, 0.3) is 0 Å². The van der Waals surface area contributed by atoms with Crippen LogP contribution in [0.25, 0.3) is 22.6 Å². The lowest BCUT2D eigenvalue weighted by molar-refractivity contribution is 0.0915. The van der Waals surface area contributed by atoms with E-state index in [0.717, 1.165) is 44.1 Å². The zero-order valence-corrected chi connectivity index (χ0v) is 17.9. The van der Waals surface area contributed by atoms with Gasteiger partial charge in [0.1, 0.15) is 0 Å². The van der Waals surface area contributed by atoms with Crippen LogP contribution in [-0.4, -0.2) is 55.9 Å². The molecule has 0 bridgehead atoms. The Hall–Kier alpha value is -2.52. The first-order valence-electron chi connectivity index (χ1n) is 9.82. The quantitative estimate of drug-likeness (QED) is 0.450. The van der Waals surface area contributed by atoms with E-state index < -0.39 is 0 Å². The lowest BCUT2D eigenvalue weighted by atomic mass is 10.2. The van der Waals surface area contributed by atoms with Crippen molar-refractivity contribution in [3.63, 3.8) is 0 Å². The van der Waals surface area contributed by atoms with E-state index in [2.05, 4.69) is 49.0 Å². The largest absolute Gasteiger partial charge is 0.338 e. The van der Waals surface area contributed by atoms with Crippen LogP contribution in [-0.2, 0) is 13.2 Å². The lowest BCUT2D eigenvalue weighted by Crippen LogP contribution is -2.46. The molecule has 5 rings (SSSR count). The molecular formula is C21H21ClN6OS. The molecule has 1 saturated heterocycles. The molecule has 30 heavy (non-hydrogen) atoms. The molecule has 4 heterocycles. The first-order valence-corrected chi connectivity index (χ1v) is 11.1. The van der Waals surface area contributed by atoms with Crippen LogP contribution < -0.4 is 0 Å². The van der Waals surface area contributed by atoms with Gasteiger partial charge in [0.2, 0.25) is 11.7 Å². The monoisotopic (exact) mass is 440 g/mol. The molecule has 9 heteroatoms. The van der Waals surface area contributed by atoms with Crippen molar-refractivity contribution in [2.45, 2.75) is 13.2 Å². The smallest absolute Gasteiger partial charge is 0.241 e. The van der Waals surface area contributed by atoms with Crippen molar-refractivity contribution in [3.05, 3.63) is 64.3 Å². The molecule has 0 N–H and O–H groups in total. The minimum atomic E-state index is 0.598. The molecule has 1 aliphatic heterocycles. The van der Waals surface area contributed by atoms with E-state index in [9.17, 15) is 0 Å². The number of benzene rings is 1. The maximum Gasteiger partial charge on any atom is 0.241 e. The van der Waals surface area contributed by atoms with Gasteiger partial charge in [-0.05, 0) is 41.8 Å². The first-order chi connectivity index (χ1) is 14.7. The fraction of sp³-hybridized carbons (Fsp3) is 0.286. The topological polar surface area (TPSA) is 63.2 Å². The number of aromatic nitrogens is 4. The lowest BCUT2D eigenvalue weighted by Gasteiger charge is -2.33. The highest BCUT2D eigenvalue weighted by Gasteiger charge is 2.20. The van der Waals surface area contributed by atoms with Gasteiger partial charge in [0, 0.05) is 53.9 Å². The minimum absolute atomic E-state index is 0.598. The molecule has 7 nitrogen and oxygen atoms in total. The van der Waals surface area contributed by atoms with E-state index in [0.29, 0.717) is 23.3 Å². The van der Waals surface area contributed by atoms with Crippen LogP contribution in [0.1, 0.15) is 5.89 Å². The fourth-order valence-corrected chi connectivity index (χ4v) is 4.30. The molecule has 0 spiro atoms. The predicted molar refractivity (Wildman–Crippen MR) is 117 cm³/mol. The van der Waals surface area contributed by atoms with Crippen molar-refractivity contribution in [2.24, 2.45) is 0 Å². The summed E-state index contributed by atoms with van der Waals surface area (Å²) in [6, 6.07) is 11.6. The maximum atomic E-state index is 5.94. The molecule has 1 aromatic carbocycles. The standard InChI is InChI=1S/C21H21ClN6OS/c22-18-3-1-16(2-4-18)21-23-20(29-25-21)13-26-8-10-27(11-9-26)15-28-7-5-19(24-28)17-6-12-30-14-17/h1-7,12,14H,8-11,13,15H2. The van der Waals surface area contributed by atoms with Crippen molar-refractivity contribution in [3.8, 4) is 22.6 Å². The van der Waals surface area contributed by atoms with Crippen molar-refractivity contribution >= 4 is 22.9 Å². The van der Waals surface area contributed by atoms with Crippen LogP contribution in [0.15, 0.2) is 57.9 Å². The normalized spacial score (nSPS) is 15.6. The average molecular weight is 441 g/mol. The Balaban J connectivity index is 1.13. The Morgan fingerprint density at radius 1 is 0.967 bits per heavy atom. The summed E-state index contributed by atoms with van der Waals surface area (Å²) in [6.07, 6.45) is 2.05. The summed E-state index contributed by atoms with van der Waals surface area (Å²) in [5.74, 6) is 1.24. The van der Waals surface area contributed by atoms with Crippen molar-refractivity contribution in [1.29, 1.82) is 0 Å². The number of rotatable bonds is 6. The van der Waals surface area contributed by atoms with Crippen LogP contribution >= 0.6 is 22.9 Å². The number of halogens is 1. The van der Waals surface area contributed by atoms with Gasteiger partial charge in [-0.25, -0.2) is 0 Å². The molecule has 0 radical (unpaired) electrons. The summed E-state index contributed by atoms with van der Waals surface area (Å²) in [5, 5.41) is 13.7. The molecule has 0 atom stereocenters. The van der Waals surface area contributed by atoms with Crippen LogP contribution in [0.3, 0.4) is 0 Å². The highest BCUT2D eigenvalue weighted by atomic mass is 35.5. The summed E-state index contributed by atoms with van der Waals surface area (Å²) < 4.78 is 7.46. The fourth-order valence-electron chi connectivity index (χ4n) is 3.52. The first kappa shape index (κ1) is 19.4. The predicted octanol–water partition coefficient (Wildman–Crippen LogP) is 4.09. The average Bonchev–Trinajstić information content (AvgIpc) is 3.52. The van der Waals surface area contributed by atoms with Gasteiger partial charge in [-0.1, -0.05) is 16.8 Å². The van der Waals surface area contributed by atoms with Gasteiger partial charge < -0.3 is 4.52 Å². The van der Waals surface area contributed by atoms with E-state index in [-0.39, 0.29) is 0 Å². The SMILES string of the molecule is Clc1ccc(-c2noc(CN3CCN(Cn4ccc(-c5ccsc5)n4)CC3)n2)cc1. The van der Waals surface area contributed by atoms with Crippen molar-refractivity contribution in [1.82, 2.24) is 29.7 Å². The van der Waals surface area contributed by atoms with E-state index in [1.807, 2.05) is 28.9 Å². The molecule has 0 amide bonds. The molecule has 0 aliphatic carbocycles. The van der Waals surface area contributed by atoms with Gasteiger partial charge in [-0.3, -0.25) is 14.5 Å². The Morgan fingerprint density at radius 3 is 2.53 bits per heavy atom. The summed E-state index contributed by atoms with van der Waals surface area (Å²) in [5.41, 5.74) is 3.11. The number of piperazine rings is 1. The third-order valence-electron chi connectivity index (χ3n) is 5.20. The van der Waals surface area contributed by atoms with Gasteiger partial charge >= 0.3 is 0 Å². The zero-order chi connectivity index (χ0) is 20.3. The number of hydrogen-bond donors (Lipinski definition) is 0. The second-order valence-corrected chi connectivity index (χ2v) is 8.52. The summed E-state index contributed by atoms with van der Waals surface area (Å²) in [7, 11) is 0. The number of thiophene rings is 1. The Kier molecular flexibility index (Phi) is 5.63. The van der Waals surface area contributed by atoms with Crippen LogP contribution in [0, 0.1) is 0 Å². The van der Waals surface area contributed by atoms with Crippen LogP contribution in [0.5, 0.6) is 0 Å². The Labute approximate surface area is 183 Å². The van der Waals surface area contributed by atoms with E-state index in [1.54, 1.807) is 11.3 Å². The molecule has 3 aromatic heterocycles. The van der Waals surface area contributed by atoms with Crippen molar-refractivity contribution in [2.75, 3.05) is 26.2 Å².